The minimum Gasteiger partial charge on any atom is -0.279 e. The summed E-state index contributed by atoms with van der Waals surface area (Å²) in [6.07, 6.45) is 0. The van der Waals surface area contributed by atoms with E-state index in [0.29, 0.717) is 20.1 Å². The molecule has 2 aromatic rings. The third kappa shape index (κ3) is 3.28. The Bertz CT molecular complexity index is 728. The lowest BCUT2D eigenvalue weighted by atomic mass is 10.2. The molecule has 8 heteroatoms. The molecule has 1 aromatic carbocycles. The van der Waals surface area contributed by atoms with Gasteiger partial charge in [0, 0.05) is 5.69 Å². The summed E-state index contributed by atoms with van der Waals surface area (Å²) in [4.78, 5) is 0. The number of halogens is 2. The molecule has 1 aromatic heterocycles. The lowest BCUT2D eigenvalue weighted by molar-refractivity contribution is 0.603. The fraction of sp³-hybridized carbons (Fsp3) is 0. The minimum atomic E-state index is -3.66. The van der Waals surface area contributed by atoms with E-state index in [9.17, 15) is 8.42 Å². The molecule has 98 valence electrons. The highest BCUT2D eigenvalue weighted by atomic mass is 79.9. The summed E-state index contributed by atoms with van der Waals surface area (Å²) in [7, 11) is -3.66. The van der Waals surface area contributed by atoms with Gasteiger partial charge in [-0.1, -0.05) is 11.6 Å². The summed E-state index contributed by atoms with van der Waals surface area (Å²) < 4.78 is 27.3. The monoisotopic (exact) mass is 376 g/mol. The summed E-state index contributed by atoms with van der Waals surface area (Å²) in [5, 5.41) is 9.02. The quantitative estimate of drug-likeness (QED) is 0.883. The van der Waals surface area contributed by atoms with Gasteiger partial charge in [0.15, 0.2) is 0 Å². The molecule has 4 nitrogen and oxygen atoms in total. The summed E-state index contributed by atoms with van der Waals surface area (Å²) >= 11 is 10.0. The molecule has 0 saturated carbocycles. The van der Waals surface area contributed by atoms with Crippen LogP contribution in [0.3, 0.4) is 0 Å². The number of thiophene rings is 1. The van der Waals surface area contributed by atoms with Crippen LogP contribution < -0.4 is 4.72 Å². The second-order valence-electron chi connectivity index (χ2n) is 3.48. The second kappa shape index (κ2) is 5.51. The van der Waals surface area contributed by atoms with Crippen molar-refractivity contribution in [3.63, 3.8) is 0 Å². The molecule has 2 rings (SSSR count). The van der Waals surface area contributed by atoms with Crippen molar-refractivity contribution in [3.05, 3.63) is 44.7 Å². The Morgan fingerprint density at radius 1 is 1.32 bits per heavy atom. The van der Waals surface area contributed by atoms with Crippen LogP contribution in [0.1, 0.15) is 5.56 Å². The molecule has 19 heavy (non-hydrogen) atoms. The van der Waals surface area contributed by atoms with Crippen LogP contribution in [0, 0.1) is 11.3 Å². The van der Waals surface area contributed by atoms with Crippen LogP contribution >= 0.6 is 38.9 Å². The molecule has 0 aliphatic carbocycles. The predicted molar refractivity (Wildman–Crippen MR) is 79.0 cm³/mol. The van der Waals surface area contributed by atoms with Gasteiger partial charge in [-0.2, -0.15) is 5.26 Å². The SMILES string of the molecule is N#Cc1ccc(NS(=O)(=O)c2cc(Cl)c(Br)s2)cc1. The molecule has 0 aliphatic heterocycles. The molecule has 1 N–H and O–H groups in total. The van der Waals surface area contributed by atoms with E-state index in [0.717, 1.165) is 11.3 Å². The standard InChI is InChI=1S/C11H6BrClN2O2S2/c12-11-9(13)5-10(18-11)19(16,17)15-8-3-1-7(6-14)2-4-8/h1-5,15H. The van der Waals surface area contributed by atoms with Crippen LogP contribution in [-0.2, 0) is 10.0 Å². The van der Waals surface area contributed by atoms with Crippen molar-refractivity contribution in [3.8, 4) is 6.07 Å². The Morgan fingerprint density at radius 2 is 1.95 bits per heavy atom. The van der Waals surface area contributed by atoms with E-state index in [2.05, 4.69) is 20.7 Å². The van der Waals surface area contributed by atoms with E-state index in [4.69, 9.17) is 16.9 Å². The number of nitrogens with zero attached hydrogens (tertiary/aromatic N) is 1. The van der Waals surface area contributed by atoms with Crippen molar-refractivity contribution >= 4 is 54.6 Å². The highest BCUT2D eigenvalue weighted by Crippen LogP contribution is 2.35. The lowest BCUT2D eigenvalue weighted by Gasteiger charge is -2.05. The molecular weight excluding hydrogens is 372 g/mol. The first-order valence-corrected chi connectivity index (χ1v) is 8.37. The number of rotatable bonds is 3. The smallest absolute Gasteiger partial charge is 0.271 e. The first-order chi connectivity index (χ1) is 8.92. The van der Waals surface area contributed by atoms with Gasteiger partial charge in [0.1, 0.15) is 4.21 Å². The topological polar surface area (TPSA) is 70.0 Å². The van der Waals surface area contributed by atoms with E-state index in [-0.39, 0.29) is 4.21 Å². The molecule has 0 amide bonds. The van der Waals surface area contributed by atoms with Gasteiger partial charge < -0.3 is 0 Å². The molecule has 0 bridgehead atoms. The normalized spacial score (nSPS) is 11.0. The van der Waals surface area contributed by atoms with Gasteiger partial charge in [0.25, 0.3) is 10.0 Å². The molecule has 0 aliphatic rings. The van der Waals surface area contributed by atoms with Gasteiger partial charge in [0.2, 0.25) is 0 Å². The molecule has 0 radical (unpaired) electrons. The predicted octanol–water partition coefficient (Wildman–Crippen LogP) is 3.84. The molecule has 0 fully saturated rings. The fourth-order valence-corrected chi connectivity index (χ4v) is 4.73. The van der Waals surface area contributed by atoms with Crippen molar-refractivity contribution in [2.75, 3.05) is 4.72 Å². The maximum Gasteiger partial charge on any atom is 0.271 e. The summed E-state index contributed by atoms with van der Waals surface area (Å²) in [5.41, 5.74) is 0.851. The number of hydrogen-bond donors (Lipinski definition) is 1. The van der Waals surface area contributed by atoms with Crippen LogP contribution in [0.25, 0.3) is 0 Å². The zero-order valence-corrected chi connectivity index (χ0v) is 13.2. The Labute approximate surface area is 127 Å². The second-order valence-corrected chi connectivity index (χ2v) is 8.17. The van der Waals surface area contributed by atoms with Gasteiger partial charge in [-0.3, -0.25) is 4.72 Å². The summed E-state index contributed by atoms with van der Waals surface area (Å²) in [5.74, 6) is 0. The molecule has 0 unspecified atom stereocenters. The molecule has 1 heterocycles. The average molecular weight is 378 g/mol. The van der Waals surface area contributed by atoms with E-state index >= 15 is 0 Å². The number of hydrogen-bond acceptors (Lipinski definition) is 4. The minimum absolute atomic E-state index is 0.119. The number of nitriles is 1. The van der Waals surface area contributed by atoms with Crippen molar-refractivity contribution < 1.29 is 8.42 Å². The Balaban J connectivity index is 2.28. The van der Waals surface area contributed by atoms with E-state index in [1.54, 1.807) is 0 Å². The maximum absolute atomic E-state index is 12.1. The third-order valence-electron chi connectivity index (χ3n) is 2.15. The van der Waals surface area contributed by atoms with Crippen LogP contribution in [0.4, 0.5) is 5.69 Å². The number of nitrogens with one attached hydrogen (secondary N) is 1. The highest BCUT2D eigenvalue weighted by molar-refractivity contribution is 9.11. The maximum atomic E-state index is 12.1. The average Bonchev–Trinajstić information content (AvgIpc) is 2.71. The summed E-state index contributed by atoms with van der Waals surface area (Å²) in [6, 6.07) is 9.47. The van der Waals surface area contributed by atoms with Crippen LogP contribution in [0.5, 0.6) is 0 Å². The van der Waals surface area contributed by atoms with Gasteiger partial charge >= 0.3 is 0 Å². The largest absolute Gasteiger partial charge is 0.279 e. The first-order valence-electron chi connectivity index (χ1n) is 4.90. The molecule has 0 spiro atoms. The van der Waals surface area contributed by atoms with Crippen molar-refractivity contribution in [2.24, 2.45) is 0 Å². The lowest BCUT2D eigenvalue weighted by Crippen LogP contribution is -2.11. The van der Waals surface area contributed by atoms with Crippen molar-refractivity contribution in [1.82, 2.24) is 0 Å². The van der Waals surface area contributed by atoms with Crippen LogP contribution in [-0.4, -0.2) is 8.42 Å². The van der Waals surface area contributed by atoms with Gasteiger partial charge in [0.05, 0.1) is 20.4 Å². The van der Waals surface area contributed by atoms with E-state index < -0.39 is 10.0 Å². The Morgan fingerprint density at radius 3 is 2.42 bits per heavy atom. The number of anilines is 1. The van der Waals surface area contributed by atoms with Crippen LogP contribution in [0.15, 0.2) is 38.3 Å². The van der Waals surface area contributed by atoms with E-state index in [1.807, 2.05) is 6.07 Å². The first kappa shape index (κ1) is 14.3. The zero-order chi connectivity index (χ0) is 14.0. The molecule has 0 saturated heterocycles. The number of sulfonamides is 1. The van der Waals surface area contributed by atoms with Crippen LogP contribution in [0.2, 0.25) is 5.02 Å². The Hall–Kier alpha value is -1.07. The van der Waals surface area contributed by atoms with Gasteiger partial charge in [-0.15, -0.1) is 11.3 Å². The van der Waals surface area contributed by atoms with E-state index in [1.165, 1.54) is 30.3 Å². The summed E-state index contributed by atoms with van der Waals surface area (Å²) in [6.45, 7) is 0. The van der Waals surface area contributed by atoms with Gasteiger partial charge in [-0.05, 0) is 46.3 Å². The molecule has 0 atom stereocenters. The highest BCUT2D eigenvalue weighted by Gasteiger charge is 2.19. The van der Waals surface area contributed by atoms with Gasteiger partial charge in [-0.25, -0.2) is 8.42 Å². The number of benzene rings is 1. The Kier molecular flexibility index (Phi) is 4.16. The zero-order valence-electron chi connectivity index (χ0n) is 9.22. The van der Waals surface area contributed by atoms with Crippen molar-refractivity contribution in [2.45, 2.75) is 4.21 Å². The fourth-order valence-electron chi connectivity index (χ4n) is 1.28. The molecular formula is C11H6BrClN2O2S2. The van der Waals surface area contributed by atoms with Crippen molar-refractivity contribution in [1.29, 1.82) is 5.26 Å². The third-order valence-corrected chi connectivity index (χ3v) is 6.48.